The third-order valence-electron chi connectivity index (χ3n) is 1.88. The zero-order valence-corrected chi connectivity index (χ0v) is 8.99. The van der Waals surface area contributed by atoms with Gasteiger partial charge in [0.1, 0.15) is 12.7 Å². The monoisotopic (exact) mass is 253 g/mol. The average Bonchev–Trinajstić information content (AvgIpc) is 2.81. The van der Waals surface area contributed by atoms with Gasteiger partial charge >= 0.3 is 5.97 Å². The minimum atomic E-state index is -2.65. The largest absolute Gasteiger partial charge is 0.768 e. The van der Waals surface area contributed by atoms with Gasteiger partial charge < -0.3 is 9.66 Å². The Morgan fingerprint density at radius 1 is 1.47 bits per heavy atom. The number of aromatic carboxylic acids is 1. The summed E-state index contributed by atoms with van der Waals surface area (Å²) in [6.07, 6.45) is 2.57. The molecule has 0 aromatic carbocycles. The van der Waals surface area contributed by atoms with Crippen LogP contribution < -0.4 is 0 Å². The molecule has 0 spiro atoms. The first kappa shape index (κ1) is 11.4. The predicted octanol–water partition coefficient (Wildman–Crippen LogP) is -0.401. The topological polar surface area (TPSA) is 121 Å². The molecule has 0 amide bonds. The second-order valence-corrected chi connectivity index (χ2v) is 3.81. The number of carboxylic acid groups (broad SMARTS) is 1. The van der Waals surface area contributed by atoms with Crippen molar-refractivity contribution in [1.82, 2.24) is 19.7 Å². The van der Waals surface area contributed by atoms with E-state index in [0.29, 0.717) is 0 Å². The van der Waals surface area contributed by atoms with Gasteiger partial charge in [-0.25, -0.2) is 19.4 Å². The molecule has 17 heavy (non-hydrogen) atoms. The van der Waals surface area contributed by atoms with Gasteiger partial charge in [0.25, 0.3) is 0 Å². The zero-order valence-electron chi connectivity index (χ0n) is 8.18. The fraction of sp³-hybridized carbons (Fsp3) is 0. The molecule has 2 heterocycles. The first-order chi connectivity index (χ1) is 8.09. The van der Waals surface area contributed by atoms with Crippen LogP contribution in [0.3, 0.4) is 0 Å². The van der Waals surface area contributed by atoms with Crippen LogP contribution in [-0.4, -0.2) is 39.6 Å². The number of aromatic nitrogens is 4. The Hall–Kier alpha value is -2.13. The van der Waals surface area contributed by atoms with Crippen molar-refractivity contribution in [2.45, 2.75) is 4.90 Å². The van der Waals surface area contributed by atoms with Crippen molar-refractivity contribution in [2.24, 2.45) is 0 Å². The van der Waals surface area contributed by atoms with E-state index in [1.54, 1.807) is 0 Å². The van der Waals surface area contributed by atoms with Gasteiger partial charge in [-0.2, -0.15) is 5.10 Å². The highest BCUT2D eigenvalue weighted by Crippen LogP contribution is 2.13. The average molecular weight is 253 g/mol. The molecule has 2 aromatic rings. The number of carboxylic acids is 1. The lowest BCUT2D eigenvalue weighted by Crippen LogP contribution is -2.10. The maximum atomic E-state index is 10.9. The molecule has 0 aliphatic rings. The minimum Gasteiger partial charge on any atom is -0.768 e. The Morgan fingerprint density at radius 2 is 2.24 bits per heavy atom. The fourth-order valence-corrected chi connectivity index (χ4v) is 1.65. The summed E-state index contributed by atoms with van der Waals surface area (Å²) in [6.45, 7) is 0. The summed E-state index contributed by atoms with van der Waals surface area (Å²) < 4.78 is 22.8. The maximum absolute atomic E-state index is 10.9. The molecular weight excluding hydrogens is 248 g/mol. The molecule has 2 aromatic heterocycles. The molecule has 88 valence electrons. The van der Waals surface area contributed by atoms with Crippen molar-refractivity contribution in [3.8, 4) is 5.82 Å². The van der Waals surface area contributed by atoms with Crippen molar-refractivity contribution in [3.63, 3.8) is 0 Å². The molecule has 0 radical (unpaired) electrons. The zero-order chi connectivity index (χ0) is 12.4. The highest BCUT2D eigenvalue weighted by molar-refractivity contribution is 7.79. The van der Waals surface area contributed by atoms with Gasteiger partial charge in [-0.1, -0.05) is 0 Å². The van der Waals surface area contributed by atoms with E-state index in [9.17, 15) is 13.6 Å². The van der Waals surface area contributed by atoms with Crippen LogP contribution in [0.25, 0.3) is 5.82 Å². The third-order valence-corrected chi connectivity index (χ3v) is 2.57. The van der Waals surface area contributed by atoms with E-state index in [1.165, 1.54) is 23.4 Å². The summed E-state index contributed by atoms with van der Waals surface area (Å²) in [5.74, 6) is -1.25. The van der Waals surface area contributed by atoms with Crippen LogP contribution in [0.15, 0.2) is 29.7 Å². The molecule has 0 saturated heterocycles. The SMILES string of the molecule is O=C(O)c1nc(-n2cncn2)ccc1S(=O)[O-]. The second kappa shape index (κ2) is 4.39. The first-order valence-electron chi connectivity index (χ1n) is 4.28. The van der Waals surface area contributed by atoms with Gasteiger partial charge in [-0.15, -0.1) is 0 Å². The molecule has 8 nitrogen and oxygen atoms in total. The summed E-state index contributed by atoms with van der Waals surface area (Å²) in [5.41, 5.74) is -0.550. The lowest BCUT2D eigenvalue weighted by atomic mass is 10.3. The molecular formula is C8H5N4O4S-. The van der Waals surface area contributed by atoms with Crippen LogP contribution in [-0.2, 0) is 11.1 Å². The summed E-state index contributed by atoms with van der Waals surface area (Å²) in [6, 6.07) is 2.49. The summed E-state index contributed by atoms with van der Waals surface area (Å²) in [7, 11) is 0. The molecule has 1 unspecified atom stereocenters. The predicted molar refractivity (Wildman–Crippen MR) is 53.3 cm³/mol. The van der Waals surface area contributed by atoms with E-state index in [-0.39, 0.29) is 10.7 Å². The number of hydrogen-bond acceptors (Lipinski definition) is 6. The van der Waals surface area contributed by atoms with Gasteiger partial charge in [0.2, 0.25) is 0 Å². The Morgan fingerprint density at radius 3 is 2.76 bits per heavy atom. The van der Waals surface area contributed by atoms with E-state index in [2.05, 4.69) is 15.1 Å². The van der Waals surface area contributed by atoms with Gasteiger partial charge in [0.15, 0.2) is 11.5 Å². The van der Waals surface area contributed by atoms with Crippen molar-refractivity contribution in [2.75, 3.05) is 0 Å². The van der Waals surface area contributed by atoms with Gasteiger partial charge in [-0.3, -0.25) is 4.21 Å². The Balaban J connectivity index is 2.57. The first-order valence-corrected chi connectivity index (χ1v) is 5.35. The van der Waals surface area contributed by atoms with E-state index >= 15 is 0 Å². The van der Waals surface area contributed by atoms with Crippen molar-refractivity contribution in [3.05, 3.63) is 30.5 Å². The third kappa shape index (κ3) is 2.19. The van der Waals surface area contributed by atoms with Crippen LogP contribution in [0.1, 0.15) is 10.5 Å². The van der Waals surface area contributed by atoms with Crippen molar-refractivity contribution < 1.29 is 18.7 Å². The van der Waals surface area contributed by atoms with E-state index in [4.69, 9.17) is 5.11 Å². The molecule has 0 fully saturated rings. The lowest BCUT2D eigenvalue weighted by molar-refractivity contribution is 0.0685. The normalized spacial score (nSPS) is 12.3. The fourth-order valence-electron chi connectivity index (χ4n) is 1.18. The minimum absolute atomic E-state index is 0.175. The smallest absolute Gasteiger partial charge is 0.355 e. The molecule has 1 N–H and O–H groups in total. The highest BCUT2D eigenvalue weighted by Gasteiger charge is 2.14. The maximum Gasteiger partial charge on any atom is 0.355 e. The number of nitrogens with zero attached hydrogens (tertiary/aromatic N) is 4. The molecule has 0 saturated carbocycles. The van der Waals surface area contributed by atoms with Gasteiger partial charge in [0.05, 0.1) is 4.90 Å². The molecule has 0 aliphatic carbocycles. The van der Waals surface area contributed by atoms with Crippen molar-refractivity contribution >= 4 is 17.0 Å². The Labute approximate surface area is 97.2 Å². The highest BCUT2D eigenvalue weighted by atomic mass is 32.2. The van der Waals surface area contributed by atoms with Crippen LogP contribution in [0.5, 0.6) is 0 Å². The molecule has 9 heteroatoms. The van der Waals surface area contributed by atoms with Crippen LogP contribution >= 0.6 is 0 Å². The number of pyridine rings is 1. The summed E-state index contributed by atoms with van der Waals surface area (Å²) >= 11 is -2.65. The lowest BCUT2D eigenvalue weighted by Gasteiger charge is -2.09. The Bertz CT molecular complexity index is 583. The van der Waals surface area contributed by atoms with Crippen LogP contribution in [0.2, 0.25) is 0 Å². The Kier molecular flexibility index (Phi) is 2.93. The van der Waals surface area contributed by atoms with E-state index < -0.39 is 22.7 Å². The number of hydrogen-bond donors (Lipinski definition) is 1. The van der Waals surface area contributed by atoms with Crippen LogP contribution in [0.4, 0.5) is 0 Å². The molecule has 1 atom stereocenters. The van der Waals surface area contributed by atoms with E-state index in [1.807, 2.05) is 0 Å². The second-order valence-electron chi connectivity index (χ2n) is 2.90. The molecule has 0 aliphatic heterocycles. The van der Waals surface area contributed by atoms with E-state index in [0.717, 1.165) is 6.07 Å². The quantitative estimate of drug-likeness (QED) is 0.738. The van der Waals surface area contributed by atoms with Gasteiger partial charge in [-0.05, 0) is 23.2 Å². The van der Waals surface area contributed by atoms with Crippen LogP contribution in [0, 0.1) is 0 Å². The number of rotatable bonds is 3. The summed E-state index contributed by atoms with van der Waals surface area (Å²) in [4.78, 5) is 17.9. The molecule has 0 bridgehead atoms. The van der Waals surface area contributed by atoms with Crippen molar-refractivity contribution in [1.29, 1.82) is 0 Å². The van der Waals surface area contributed by atoms with Gasteiger partial charge in [0, 0.05) is 0 Å². The number of carbonyl (C=O) groups is 1. The standard InChI is InChI=1S/C8H6N4O4S/c13-8(14)7-5(17(15)16)1-2-6(11-7)12-4-9-3-10-12/h1-4H,(H,13,14)(H,15,16)/p-1. The molecule has 2 rings (SSSR count). The summed E-state index contributed by atoms with van der Waals surface area (Å²) in [5, 5.41) is 12.6.